The molecule has 0 amide bonds. The fourth-order valence-electron chi connectivity index (χ4n) is 8.66. The standard InChI is InChI=1S/C45H51NS2/c1-2-3-4-5-6-7-8-9-10-11-12-13-14-15-16-19-28-46-30-31-29-35-32-23-20-26-37-40(32)43-41-34(24-21-27-38(41)47-37)39-33-22-17-18-25-36(33)48-45(31)44(39)42(35)43/h17-18,20-27,29,46H,2-16,19,28,30H2,1H3. The number of hydrogen-bond acceptors (Lipinski definition) is 3. The van der Waals surface area contributed by atoms with Gasteiger partial charge in [-0.3, -0.25) is 0 Å². The van der Waals surface area contributed by atoms with Gasteiger partial charge in [-0.2, -0.15) is 0 Å². The van der Waals surface area contributed by atoms with Crippen LogP contribution < -0.4 is 5.32 Å². The lowest BCUT2D eigenvalue weighted by Gasteiger charge is -2.18. The van der Waals surface area contributed by atoms with Gasteiger partial charge in [0.1, 0.15) is 0 Å². The Labute approximate surface area is 294 Å². The Hall–Kier alpha value is -2.98. The van der Waals surface area contributed by atoms with Crippen molar-refractivity contribution in [3.8, 4) is 0 Å². The van der Waals surface area contributed by atoms with Crippen molar-refractivity contribution in [2.75, 3.05) is 6.54 Å². The second-order valence-corrected chi connectivity index (χ2v) is 16.6. The van der Waals surface area contributed by atoms with Gasteiger partial charge < -0.3 is 5.32 Å². The summed E-state index contributed by atoms with van der Waals surface area (Å²) in [6.45, 7) is 4.34. The van der Waals surface area contributed by atoms with Crippen LogP contribution in [0.5, 0.6) is 0 Å². The van der Waals surface area contributed by atoms with Crippen molar-refractivity contribution in [2.24, 2.45) is 0 Å². The largest absolute Gasteiger partial charge is 0.313 e. The van der Waals surface area contributed by atoms with E-state index in [-0.39, 0.29) is 0 Å². The van der Waals surface area contributed by atoms with E-state index < -0.39 is 0 Å². The number of nitrogens with one attached hydrogen (secondary N) is 1. The third-order valence-corrected chi connectivity index (χ3v) is 13.4. The van der Waals surface area contributed by atoms with Gasteiger partial charge in [-0.15, -0.1) is 22.7 Å². The van der Waals surface area contributed by atoms with Crippen LogP contribution in [0.15, 0.2) is 66.7 Å². The number of unbranched alkanes of at least 4 members (excludes halogenated alkanes) is 15. The lowest BCUT2D eigenvalue weighted by molar-refractivity contribution is 0.525. The van der Waals surface area contributed by atoms with Crippen LogP contribution in [-0.4, -0.2) is 6.54 Å². The molecule has 0 fully saturated rings. The van der Waals surface area contributed by atoms with Gasteiger partial charge in [0.2, 0.25) is 0 Å². The summed E-state index contributed by atoms with van der Waals surface area (Å²) in [6.07, 6.45) is 22.7. The molecule has 0 atom stereocenters. The maximum absolute atomic E-state index is 3.89. The smallest absolute Gasteiger partial charge is 0.0407 e. The Morgan fingerprint density at radius 2 is 1.00 bits per heavy atom. The molecule has 0 radical (unpaired) electrons. The van der Waals surface area contributed by atoms with Gasteiger partial charge >= 0.3 is 0 Å². The molecule has 0 saturated heterocycles. The van der Waals surface area contributed by atoms with Crippen LogP contribution >= 0.6 is 22.7 Å². The van der Waals surface area contributed by atoms with Crippen molar-refractivity contribution in [3.05, 3.63) is 72.3 Å². The molecule has 0 unspecified atom stereocenters. The molecule has 0 aliphatic heterocycles. The van der Waals surface area contributed by atoms with Gasteiger partial charge in [0, 0.05) is 63.0 Å². The van der Waals surface area contributed by atoms with Crippen LogP contribution in [0.4, 0.5) is 0 Å². The summed E-state index contributed by atoms with van der Waals surface area (Å²) in [4.78, 5) is 0. The predicted molar refractivity (Wildman–Crippen MR) is 218 cm³/mol. The zero-order chi connectivity index (χ0) is 32.3. The topological polar surface area (TPSA) is 12.0 Å². The second-order valence-electron chi connectivity index (χ2n) is 14.5. The number of benzene rings is 5. The highest BCUT2D eigenvalue weighted by atomic mass is 32.1. The van der Waals surface area contributed by atoms with E-state index in [4.69, 9.17) is 0 Å². The molecule has 8 aromatic rings. The van der Waals surface area contributed by atoms with Crippen molar-refractivity contribution >= 4 is 95.3 Å². The molecule has 248 valence electrons. The molecule has 0 aliphatic carbocycles. The van der Waals surface area contributed by atoms with Crippen molar-refractivity contribution in [2.45, 2.75) is 116 Å². The Bertz CT molecular complexity index is 2250. The van der Waals surface area contributed by atoms with Crippen LogP contribution in [0.1, 0.15) is 115 Å². The van der Waals surface area contributed by atoms with E-state index in [1.165, 1.54) is 181 Å². The van der Waals surface area contributed by atoms with Gasteiger partial charge in [-0.25, -0.2) is 0 Å². The molecular formula is C45H51NS2. The van der Waals surface area contributed by atoms with E-state index in [0.29, 0.717) is 0 Å². The molecule has 2 aromatic heterocycles. The van der Waals surface area contributed by atoms with Gasteiger partial charge in [0.15, 0.2) is 0 Å². The molecule has 1 nitrogen and oxygen atoms in total. The molecule has 8 rings (SSSR count). The van der Waals surface area contributed by atoms with Gasteiger partial charge in [-0.1, -0.05) is 146 Å². The molecule has 0 spiro atoms. The van der Waals surface area contributed by atoms with Crippen molar-refractivity contribution in [1.82, 2.24) is 5.32 Å². The maximum atomic E-state index is 3.89. The Morgan fingerprint density at radius 1 is 0.438 bits per heavy atom. The van der Waals surface area contributed by atoms with E-state index in [9.17, 15) is 0 Å². The molecule has 0 saturated carbocycles. The average molecular weight is 670 g/mol. The minimum atomic E-state index is 0.933. The van der Waals surface area contributed by atoms with E-state index >= 15 is 0 Å². The lowest BCUT2D eigenvalue weighted by Crippen LogP contribution is -2.14. The first-order chi connectivity index (χ1) is 23.8. The van der Waals surface area contributed by atoms with E-state index in [0.717, 1.165) is 13.1 Å². The van der Waals surface area contributed by atoms with Crippen LogP contribution in [0, 0.1) is 0 Å². The summed E-state index contributed by atoms with van der Waals surface area (Å²) in [5, 5.41) is 18.4. The van der Waals surface area contributed by atoms with Crippen molar-refractivity contribution in [3.63, 3.8) is 0 Å². The SMILES string of the molecule is CCCCCCCCCCCCCCCCCCNCc1cc2c3cccc4sc5cccc6c5c(c43)c2c2c1sc1ccccc1c62. The molecule has 2 heterocycles. The molecule has 0 aliphatic rings. The lowest BCUT2D eigenvalue weighted by atomic mass is 9.92. The summed E-state index contributed by atoms with van der Waals surface area (Å²) < 4.78 is 5.67. The maximum Gasteiger partial charge on any atom is 0.0407 e. The molecule has 3 heteroatoms. The fourth-order valence-corrected chi connectivity index (χ4v) is 11.0. The predicted octanol–water partition coefficient (Wildman–Crippen LogP) is 15.1. The summed E-state index contributed by atoms with van der Waals surface area (Å²) in [5.74, 6) is 0. The Balaban J connectivity index is 0.924. The fraction of sp³-hybridized carbons (Fsp3) is 0.422. The Morgan fingerprint density at radius 3 is 1.69 bits per heavy atom. The van der Waals surface area contributed by atoms with E-state index in [2.05, 4.69) is 79.0 Å². The third-order valence-electron chi connectivity index (χ3n) is 11.1. The van der Waals surface area contributed by atoms with Crippen LogP contribution in [0.25, 0.3) is 72.7 Å². The monoisotopic (exact) mass is 669 g/mol. The summed E-state index contributed by atoms with van der Waals surface area (Å²) in [5.41, 5.74) is 1.46. The summed E-state index contributed by atoms with van der Waals surface area (Å²) in [6, 6.07) is 25.6. The zero-order valence-electron chi connectivity index (χ0n) is 28.9. The highest BCUT2D eigenvalue weighted by Gasteiger charge is 2.25. The summed E-state index contributed by atoms with van der Waals surface area (Å²) in [7, 11) is 0. The first kappa shape index (κ1) is 32.2. The molecule has 6 aromatic carbocycles. The Kier molecular flexibility index (Phi) is 9.99. The second kappa shape index (κ2) is 14.9. The highest BCUT2D eigenvalue weighted by Crippen LogP contribution is 2.54. The van der Waals surface area contributed by atoms with Crippen molar-refractivity contribution in [1.29, 1.82) is 0 Å². The molecule has 0 bridgehead atoms. The van der Waals surface area contributed by atoms with Crippen LogP contribution in [0.2, 0.25) is 0 Å². The first-order valence-electron chi connectivity index (χ1n) is 19.2. The first-order valence-corrected chi connectivity index (χ1v) is 20.9. The number of fused-ring (bicyclic) bond motifs is 4. The number of hydrogen-bond donors (Lipinski definition) is 1. The van der Waals surface area contributed by atoms with Crippen LogP contribution in [0.3, 0.4) is 0 Å². The number of rotatable bonds is 19. The average Bonchev–Trinajstić information content (AvgIpc) is 3.46. The quantitative estimate of drug-likeness (QED) is 0.0513. The summed E-state index contributed by atoms with van der Waals surface area (Å²) >= 11 is 3.95. The zero-order valence-corrected chi connectivity index (χ0v) is 30.5. The third kappa shape index (κ3) is 6.05. The highest BCUT2D eigenvalue weighted by molar-refractivity contribution is 7.26. The molecule has 1 N–H and O–H groups in total. The van der Waals surface area contributed by atoms with E-state index in [1.807, 2.05) is 22.7 Å². The molecule has 48 heavy (non-hydrogen) atoms. The van der Waals surface area contributed by atoms with Crippen molar-refractivity contribution < 1.29 is 0 Å². The van der Waals surface area contributed by atoms with Gasteiger partial charge in [-0.05, 0) is 59.0 Å². The molecular weight excluding hydrogens is 619 g/mol. The van der Waals surface area contributed by atoms with Gasteiger partial charge in [0.25, 0.3) is 0 Å². The normalized spacial score (nSPS) is 12.6. The van der Waals surface area contributed by atoms with Gasteiger partial charge in [0.05, 0.1) is 0 Å². The minimum Gasteiger partial charge on any atom is -0.313 e. The van der Waals surface area contributed by atoms with E-state index in [1.54, 1.807) is 0 Å². The van der Waals surface area contributed by atoms with Crippen LogP contribution in [-0.2, 0) is 6.54 Å². The minimum absolute atomic E-state index is 0.933.